The van der Waals surface area contributed by atoms with Crippen molar-refractivity contribution in [3.05, 3.63) is 23.8 Å². The molecule has 0 aliphatic carbocycles. The molecule has 1 aromatic rings. The Hall–Kier alpha value is -1.26. The quantitative estimate of drug-likeness (QED) is 0.914. The first-order chi connectivity index (χ1) is 9.76. The predicted molar refractivity (Wildman–Crippen MR) is 79.1 cm³/mol. The Morgan fingerprint density at radius 1 is 1.35 bits per heavy atom. The summed E-state index contributed by atoms with van der Waals surface area (Å²) in [6, 6.07) is 6.89. The van der Waals surface area contributed by atoms with Gasteiger partial charge in [0.2, 0.25) is 6.79 Å². The van der Waals surface area contributed by atoms with E-state index in [1.165, 1.54) is 12.0 Å². The second-order valence-corrected chi connectivity index (χ2v) is 5.87. The molecule has 1 saturated heterocycles. The monoisotopic (exact) mass is 276 g/mol. The van der Waals surface area contributed by atoms with Crippen LogP contribution in [0.4, 0.5) is 0 Å². The summed E-state index contributed by atoms with van der Waals surface area (Å²) in [7, 11) is 0. The normalized spacial score (nSPS) is 23.8. The maximum absolute atomic E-state index is 5.45. The van der Waals surface area contributed by atoms with E-state index in [0.29, 0.717) is 12.8 Å². The standard InChI is InChI=1S/C16H24N2O2/c1-3-12(2)14-10-18(7-6-17-14)9-13-4-5-15-16(8-13)20-11-19-15/h4-5,8,12,14,17H,3,6-7,9-11H2,1-2H3. The van der Waals surface area contributed by atoms with Crippen molar-refractivity contribution in [2.75, 3.05) is 26.4 Å². The van der Waals surface area contributed by atoms with Gasteiger partial charge >= 0.3 is 0 Å². The van der Waals surface area contributed by atoms with Crippen LogP contribution in [0.25, 0.3) is 0 Å². The molecule has 4 nitrogen and oxygen atoms in total. The Labute approximate surface area is 121 Å². The van der Waals surface area contributed by atoms with E-state index in [9.17, 15) is 0 Å². The van der Waals surface area contributed by atoms with Crippen LogP contribution >= 0.6 is 0 Å². The molecule has 20 heavy (non-hydrogen) atoms. The van der Waals surface area contributed by atoms with Gasteiger partial charge in [0.15, 0.2) is 11.5 Å². The summed E-state index contributed by atoms with van der Waals surface area (Å²) in [6.45, 7) is 9.27. The lowest BCUT2D eigenvalue weighted by molar-refractivity contribution is 0.162. The van der Waals surface area contributed by atoms with Crippen molar-refractivity contribution in [2.45, 2.75) is 32.9 Å². The third kappa shape index (κ3) is 2.91. The predicted octanol–water partition coefficient (Wildman–Crippen LogP) is 2.24. The molecule has 2 aliphatic heterocycles. The van der Waals surface area contributed by atoms with Crippen molar-refractivity contribution in [1.29, 1.82) is 0 Å². The fraction of sp³-hybridized carbons (Fsp3) is 0.625. The average Bonchev–Trinajstić information content (AvgIpc) is 2.94. The van der Waals surface area contributed by atoms with Crippen LogP contribution in [-0.4, -0.2) is 37.4 Å². The minimum atomic E-state index is 0.350. The Morgan fingerprint density at radius 3 is 3.05 bits per heavy atom. The molecule has 0 bridgehead atoms. The van der Waals surface area contributed by atoms with Gasteiger partial charge in [0.05, 0.1) is 0 Å². The van der Waals surface area contributed by atoms with E-state index in [4.69, 9.17) is 9.47 Å². The van der Waals surface area contributed by atoms with Crippen LogP contribution in [-0.2, 0) is 6.54 Å². The van der Waals surface area contributed by atoms with Crippen LogP contribution in [0.3, 0.4) is 0 Å². The number of fused-ring (bicyclic) bond motifs is 1. The SMILES string of the molecule is CCC(C)C1CN(Cc2ccc3c(c2)OCO3)CCN1. The molecule has 3 rings (SSSR count). The van der Waals surface area contributed by atoms with E-state index in [2.05, 4.69) is 36.2 Å². The summed E-state index contributed by atoms with van der Waals surface area (Å²) in [5.41, 5.74) is 1.30. The molecule has 2 heterocycles. The van der Waals surface area contributed by atoms with E-state index in [-0.39, 0.29) is 0 Å². The fourth-order valence-electron chi connectivity index (χ4n) is 2.95. The molecule has 1 fully saturated rings. The minimum absolute atomic E-state index is 0.350. The van der Waals surface area contributed by atoms with Gasteiger partial charge in [0.1, 0.15) is 0 Å². The van der Waals surface area contributed by atoms with E-state index >= 15 is 0 Å². The van der Waals surface area contributed by atoms with Gasteiger partial charge in [-0.3, -0.25) is 4.90 Å². The van der Waals surface area contributed by atoms with Crippen LogP contribution in [0.2, 0.25) is 0 Å². The van der Waals surface area contributed by atoms with Gasteiger partial charge in [-0.1, -0.05) is 26.3 Å². The summed E-state index contributed by atoms with van der Waals surface area (Å²) < 4.78 is 10.8. The molecule has 0 spiro atoms. The molecule has 2 atom stereocenters. The molecule has 0 radical (unpaired) electrons. The number of ether oxygens (including phenoxy) is 2. The van der Waals surface area contributed by atoms with Gasteiger partial charge in [-0.25, -0.2) is 0 Å². The highest BCUT2D eigenvalue weighted by atomic mass is 16.7. The summed E-state index contributed by atoms with van der Waals surface area (Å²) in [5, 5.41) is 3.64. The van der Waals surface area contributed by atoms with E-state index in [0.717, 1.165) is 43.6 Å². The lowest BCUT2D eigenvalue weighted by Gasteiger charge is -2.36. The second kappa shape index (κ2) is 6.02. The molecule has 2 aliphatic rings. The number of hydrogen-bond acceptors (Lipinski definition) is 4. The molecule has 1 aromatic carbocycles. The van der Waals surface area contributed by atoms with E-state index in [1.807, 2.05) is 6.07 Å². The number of piperazine rings is 1. The van der Waals surface area contributed by atoms with Crippen molar-refractivity contribution in [3.8, 4) is 11.5 Å². The average molecular weight is 276 g/mol. The molecule has 0 saturated carbocycles. The van der Waals surface area contributed by atoms with Crippen LogP contribution in [0.15, 0.2) is 18.2 Å². The van der Waals surface area contributed by atoms with Gasteiger partial charge in [-0.15, -0.1) is 0 Å². The zero-order chi connectivity index (χ0) is 13.9. The number of nitrogens with zero attached hydrogens (tertiary/aromatic N) is 1. The highest BCUT2D eigenvalue weighted by Gasteiger charge is 2.23. The topological polar surface area (TPSA) is 33.7 Å². The third-order valence-corrected chi connectivity index (χ3v) is 4.46. The maximum atomic E-state index is 5.45. The Kier molecular flexibility index (Phi) is 4.13. The van der Waals surface area contributed by atoms with Gasteiger partial charge in [0, 0.05) is 32.2 Å². The summed E-state index contributed by atoms with van der Waals surface area (Å²) in [5.74, 6) is 2.48. The van der Waals surface area contributed by atoms with Crippen molar-refractivity contribution in [3.63, 3.8) is 0 Å². The Bertz CT molecular complexity index is 464. The number of hydrogen-bond donors (Lipinski definition) is 1. The first-order valence-electron chi connectivity index (χ1n) is 7.60. The van der Waals surface area contributed by atoms with Crippen molar-refractivity contribution >= 4 is 0 Å². The first-order valence-corrected chi connectivity index (χ1v) is 7.60. The molecule has 1 N–H and O–H groups in total. The van der Waals surface area contributed by atoms with Crippen molar-refractivity contribution < 1.29 is 9.47 Å². The third-order valence-electron chi connectivity index (χ3n) is 4.46. The van der Waals surface area contributed by atoms with Crippen LogP contribution in [0, 0.1) is 5.92 Å². The molecular weight excluding hydrogens is 252 g/mol. The molecule has 2 unspecified atom stereocenters. The van der Waals surface area contributed by atoms with Crippen LogP contribution in [0.1, 0.15) is 25.8 Å². The Balaban J connectivity index is 1.62. The van der Waals surface area contributed by atoms with Gasteiger partial charge in [-0.05, 0) is 23.6 Å². The molecule has 110 valence electrons. The fourth-order valence-corrected chi connectivity index (χ4v) is 2.95. The number of benzene rings is 1. The summed E-state index contributed by atoms with van der Waals surface area (Å²) in [6.07, 6.45) is 1.23. The minimum Gasteiger partial charge on any atom is -0.454 e. The second-order valence-electron chi connectivity index (χ2n) is 5.87. The molecule has 4 heteroatoms. The molecular formula is C16H24N2O2. The Morgan fingerprint density at radius 2 is 2.20 bits per heavy atom. The van der Waals surface area contributed by atoms with Crippen LogP contribution in [0.5, 0.6) is 11.5 Å². The summed E-state index contributed by atoms with van der Waals surface area (Å²) in [4.78, 5) is 2.53. The van der Waals surface area contributed by atoms with Gasteiger partial charge < -0.3 is 14.8 Å². The van der Waals surface area contributed by atoms with Gasteiger partial charge in [-0.2, -0.15) is 0 Å². The zero-order valence-electron chi connectivity index (χ0n) is 12.4. The maximum Gasteiger partial charge on any atom is 0.231 e. The highest BCUT2D eigenvalue weighted by molar-refractivity contribution is 5.44. The van der Waals surface area contributed by atoms with E-state index in [1.54, 1.807) is 0 Å². The van der Waals surface area contributed by atoms with Crippen LogP contribution < -0.4 is 14.8 Å². The van der Waals surface area contributed by atoms with Crippen molar-refractivity contribution in [2.24, 2.45) is 5.92 Å². The lowest BCUT2D eigenvalue weighted by Crippen LogP contribution is -2.52. The first kappa shape index (κ1) is 13.7. The number of nitrogens with one attached hydrogen (secondary N) is 1. The summed E-state index contributed by atoms with van der Waals surface area (Å²) >= 11 is 0. The molecule has 0 aromatic heterocycles. The smallest absolute Gasteiger partial charge is 0.231 e. The van der Waals surface area contributed by atoms with Gasteiger partial charge in [0.25, 0.3) is 0 Å². The zero-order valence-corrected chi connectivity index (χ0v) is 12.4. The largest absolute Gasteiger partial charge is 0.454 e. The van der Waals surface area contributed by atoms with Crippen molar-refractivity contribution in [1.82, 2.24) is 10.2 Å². The van der Waals surface area contributed by atoms with E-state index < -0.39 is 0 Å². The molecule has 0 amide bonds. The highest BCUT2D eigenvalue weighted by Crippen LogP contribution is 2.32. The lowest BCUT2D eigenvalue weighted by atomic mass is 9.97. The number of rotatable bonds is 4.